The van der Waals surface area contributed by atoms with Crippen LogP contribution in [0.4, 0.5) is 5.69 Å². The predicted octanol–water partition coefficient (Wildman–Crippen LogP) is 4.48. The van der Waals surface area contributed by atoms with Crippen molar-refractivity contribution in [2.45, 2.75) is 25.7 Å². The van der Waals surface area contributed by atoms with Crippen LogP contribution in [0, 0.1) is 0 Å². The van der Waals surface area contributed by atoms with Crippen molar-refractivity contribution in [1.82, 2.24) is 0 Å². The molecule has 22 heavy (non-hydrogen) atoms. The molecule has 0 aliphatic heterocycles. The number of carbonyl (C=O) groups is 1. The monoisotopic (exact) mass is 315 g/mol. The Hall–Kier alpha value is -2.00. The van der Waals surface area contributed by atoms with E-state index in [-0.39, 0.29) is 5.91 Å². The molecule has 1 N–H and O–H groups in total. The van der Waals surface area contributed by atoms with Crippen molar-refractivity contribution in [3.05, 3.63) is 58.1 Å². The predicted molar refractivity (Wildman–Crippen MR) is 89.0 cm³/mol. The Kier molecular flexibility index (Phi) is 4.34. The molecule has 0 aromatic heterocycles. The lowest BCUT2D eigenvalue weighted by Crippen LogP contribution is -2.16. The molecule has 1 aliphatic rings. The van der Waals surface area contributed by atoms with Gasteiger partial charge in [0.1, 0.15) is 5.75 Å². The number of ether oxygens (including phenoxy) is 1. The SMILES string of the molecule is COc1ccc(Cl)cc1C(=O)Nc1cccc2c1CCCC2. The average Bonchev–Trinajstić information content (AvgIpc) is 2.55. The Morgan fingerprint density at radius 3 is 2.82 bits per heavy atom. The third-order valence-corrected chi connectivity index (χ3v) is 4.29. The minimum Gasteiger partial charge on any atom is -0.496 e. The summed E-state index contributed by atoms with van der Waals surface area (Å²) in [6.07, 6.45) is 4.48. The van der Waals surface area contributed by atoms with Crippen LogP contribution in [0.1, 0.15) is 34.3 Å². The maximum atomic E-state index is 12.6. The Balaban J connectivity index is 1.91. The van der Waals surface area contributed by atoms with Gasteiger partial charge >= 0.3 is 0 Å². The second-order valence-corrected chi connectivity index (χ2v) is 5.89. The number of anilines is 1. The standard InChI is InChI=1S/C18H18ClNO2/c1-22-17-10-9-13(19)11-15(17)18(21)20-16-8-4-6-12-5-2-3-7-14(12)16/h4,6,8-11H,2-3,5,7H2,1H3,(H,20,21). The fourth-order valence-corrected chi connectivity index (χ4v) is 3.12. The number of aryl methyl sites for hydroxylation is 1. The number of nitrogens with one attached hydrogen (secondary N) is 1. The molecule has 3 nitrogen and oxygen atoms in total. The van der Waals surface area contributed by atoms with E-state index >= 15 is 0 Å². The smallest absolute Gasteiger partial charge is 0.259 e. The zero-order valence-electron chi connectivity index (χ0n) is 12.5. The maximum Gasteiger partial charge on any atom is 0.259 e. The van der Waals surface area contributed by atoms with Gasteiger partial charge in [-0.05, 0) is 61.1 Å². The molecule has 3 rings (SSSR count). The minimum atomic E-state index is -0.196. The third kappa shape index (κ3) is 2.95. The maximum absolute atomic E-state index is 12.6. The highest BCUT2D eigenvalue weighted by Crippen LogP contribution is 2.29. The molecule has 2 aromatic carbocycles. The van der Waals surface area contributed by atoms with Crippen molar-refractivity contribution in [3.8, 4) is 5.75 Å². The molecule has 2 aromatic rings. The molecule has 0 saturated heterocycles. The average molecular weight is 316 g/mol. The Morgan fingerprint density at radius 1 is 1.18 bits per heavy atom. The van der Waals surface area contributed by atoms with Gasteiger partial charge in [-0.3, -0.25) is 4.79 Å². The summed E-state index contributed by atoms with van der Waals surface area (Å²) in [6, 6.07) is 11.1. The van der Waals surface area contributed by atoms with Crippen molar-refractivity contribution >= 4 is 23.2 Å². The summed E-state index contributed by atoms with van der Waals surface area (Å²) in [7, 11) is 1.55. The molecular formula is C18H18ClNO2. The molecule has 0 bridgehead atoms. The van der Waals surface area contributed by atoms with Gasteiger partial charge in [-0.25, -0.2) is 0 Å². The number of hydrogen-bond donors (Lipinski definition) is 1. The van der Waals surface area contributed by atoms with Crippen LogP contribution in [0.3, 0.4) is 0 Å². The zero-order valence-corrected chi connectivity index (χ0v) is 13.2. The fourth-order valence-electron chi connectivity index (χ4n) is 2.95. The van der Waals surface area contributed by atoms with Crippen LogP contribution in [-0.2, 0) is 12.8 Å². The van der Waals surface area contributed by atoms with Gasteiger partial charge in [-0.1, -0.05) is 23.7 Å². The van der Waals surface area contributed by atoms with Crippen LogP contribution in [0.2, 0.25) is 5.02 Å². The van der Waals surface area contributed by atoms with E-state index in [0.29, 0.717) is 16.3 Å². The number of rotatable bonds is 3. The van der Waals surface area contributed by atoms with Crippen LogP contribution in [0.15, 0.2) is 36.4 Å². The lowest BCUT2D eigenvalue weighted by Gasteiger charge is -2.20. The summed E-state index contributed by atoms with van der Waals surface area (Å²) >= 11 is 6.00. The lowest BCUT2D eigenvalue weighted by atomic mass is 9.90. The van der Waals surface area contributed by atoms with Gasteiger partial charge in [0.2, 0.25) is 0 Å². The molecule has 1 amide bonds. The highest BCUT2D eigenvalue weighted by molar-refractivity contribution is 6.31. The largest absolute Gasteiger partial charge is 0.496 e. The van der Waals surface area contributed by atoms with Gasteiger partial charge in [-0.15, -0.1) is 0 Å². The summed E-state index contributed by atoms with van der Waals surface area (Å²) < 4.78 is 5.25. The highest BCUT2D eigenvalue weighted by Gasteiger charge is 2.17. The first kappa shape index (κ1) is 14.9. The summed E-state index contributed by atoms with van der Waals surface area (Å²) in [6.45, 7) is 0. The van der Waals surface area contributed by atoms with E-state index in [1.54, 1.807) is 25.3 Å². The molecule has 4 heteroatoms. The number of carbonyl (C=O) groups excluding carboxylic acids is 1. The first-order valence-electron chi connectivity index (χ1n) is 7.44. The van der Waals surface area contributed by atoms with Gasteiger partial charge in [0, 0.05) is 10.7 Å². The number of amides is 1. The van der Waals surface area contributed by atoms with Gasteiger partial charge < -0.3 is 10.1 Å². The van der Waals surface area contributed by atoms with E-state index in [1.807, 2.05) is 12.1 Å². The summed E-state index contributed by atoms with van der Waals surface area (Å²) in [4.78, 5) is 12.6. The zero-order chi connectivity index (χ0) is 15.5. The topological polar surface area (TPSA) is 38.3 Å². The van der Waals surface area contributed by atoms with E-state index in [0.717, 1.165) is 18.5 Å². The number of methoxy groups -OCH3 is 1. The minimum absolute atomic E-state index is 0.196. The molecule has 0 atom stereocenters. The molecule has 114 valence electrons. The molecule has 0 spiro atoms. The summed E-state index contributed by atoms with van der Waals surface area (Å²) in [5.74, 6) is 0.324. The molecule has 0 unspecified atom stereocenters. The highest BCUT2D eigenvalue weighted by atomic mass is 35.5. The van der Waals surface area contributed by atoms with E-state index < -0.39 is 0 Å². The van der Waals surface area contributed by atoms with E-state index in [4.69, 9.17) is 16.3 Å². The van der Waals surface area contributed by atoms with Crippen LogP contribution in [-0.4, -0.2) is 13.0 Å². The molecule has 0 saturated carbocycles. The molecule has 0 radical (unpaired) electrons. The number of halogens is 1. The number of benzene rings is 2. The first-order valence-corrected chi connectivity index (χ1v) is 7.82. The fraction of sp³-hybridized carbons (Fsp3) is 0.278. The van der Waals surface area contributed by atoms with Crippen molar-refractivity contribution in [2.24, 2.45) is 0 Å². The summed E-state index contributed by atoms with van der Waals surface area (Å²) in [5, 5.41) is 3.53. The van der Waals surface area contributed by atoms with E-state index in [9.17, 15) is 4.79 Å². The molecule has 0 fully saturated rings. The van der Waals surface area contributed by atoms with Crippen molar-refractivity contribution in [1.29, 1.82) is 0 Å². The second kappa shape index (κ2) is 6.41. The Labute approximate surface area is 135 Å². The number of fused-ring (bicyclic) bond motifs is 1. The van der Waals surface area contributed by atoms with Crippen LogP contribution < -0.4 is 10.1 Å². The quantitative estimate of drug-likeness (QED) is 0.907. The van der Waals surface area contributed by atoms with E-state index in [1.165, 1.54) is 24.0 Å². The van der Waals surface area contributed by atoms with Crippen LogP contribution >= 0.6 is 11.6 Å². The molecule has 1 aliphatic carbocycles. The van der Waals surface area contributed by atoms with Crippen molar-refractivity contribution in [3.63, 3.8) is 0 Å². The summed E-state index contributed by atoms with van der Waals surface area (Å²) in [5.41, 5.74) is 3.93. The van der Waals surface area contributed by atoms with Gasteiger partial charge in [-0.2, -0.15) is 0 Å². The third-order valence-electron chi connectivity index (χ3n) is 4.05. The molecule has 0 heterocycles. The normalized spacial score (nSPS) is 13.4. The van der Waals surface area contributed by atoms with Crippen LogP contribution in [0.25, 0.3) is 0 Å². The van der Waals surface area contributed by atoms with Gasteiger partial charge in [0.25, 0.3) is 5.91 Å². The molecular weight excluding hydrogens is 298 g/mol. The van der Waals surface area contributed by atoms with Crippen LogP contribution in [0.5, 0.6) is 5.75 Å². The lowest BCUT2D eigenvalue weighted by molar-refractivity contribution is 0.102. The Morgan fingerprint density at radius 2 is 2.00 bits per heavy atom. The van der Waals surface area contributed by atoms with E-state index in [2.05, 4.69) is 11.4 Å². The first-order chi connectivity index (χ1) is 10.7. The van der Waals surface area contributed by atoms with Gasteiger partial charge in [0.05, 0.1) is 12.7 Å². The Bertz CT molecular complexity index is 712. The van der Waals surface area contributed by atoms with Crippen molar-refractivity contribution < 1.29 is 9.53 Å². The number of hydrogen-bond acceptors (Lipinski definition) is 2. The second-order valence-electron chi connectivity index (χ2n) is 5.45. The van der Waals surface area contributed by atoms with Crippen molar-refractivity contribution in [2.75, 3.05) is 12.4 Å². The van der Waals surface area contributed by atoms with Gasteiger partial charge in [0.15, 0.2) is 0 Å².